The summed E-state index contributed by atoms with van der Waals surface area (Å²) in [5, 5.41) is 29.9. The number of nitro benzene ring substituents is 1. The number of ether oxygens (including phenoxy) is 2. The third kappa shape index (κ3) is 4.24. The van der Waals surface area contributed by atoms with Crippen molar-refractivity contribution in [1.82, 2.24) is 0 Å². The highest BCUT2D eigenvalue weighted by Crippen LogP contribution is 2.30. The van der Waals surface area contributed by atoms with Crippen LogP contribution in [0.1, 0.15) is 31.8 Å². The molecule has 0 radical (unpaired) electrons. The van der Waals surface area contributed by atoms with Crippen molar-refractivity contribution in [3.05, 3.63) is 38.4 Å². The minimum absolute atomic E-state index is 0.00329. The van der Waals surface area contributed by atoms with Gasteiger partial charge in [0.2, 0.25) is 0 Å². The smallest absolute Gasteiger partial charge is 0.336 e. The zero-order valence-corrected chi connectivity index (χ0v) is 12.7. The Morgan fingerprint density at radius 3 is 2.00 bits per heavy atom. The Bertz CT molecular complexity index is 581. The zero-order chi connectivity index (χ0) is 17.6. The molecule has 0 aliphatic heterocycles. The number of carbonyl (C=O) groups is 2. The fraction of sp³-hybridized carbons (Fsp3) is 0.429. The van der Waals surface area contributed by atoms with Gasteiger partial charge in [-0.1, -0.05) is 0 Å². The lowest BCUT2D eigenvalue weighted by molar-refractivity contribution is -0.385. The number of rotatable bonds is 9. The SMILES string of the molecule is COCCc1c(C(=O)O)cc([N+](=O)[O-])c(CCOC)c1C(=O)O. The van der Waals surface area contributed by atoms with Gasteiger partial charge in [0.1, 0.15) is 0 Å². The van der Waals surface area contributed by atoms with Crippen LogP contribution in [0.2, 0.25) is 0 Å². The predicted octanol–water partition coefficient (Wildman–Crippen LogP) is 1.37. The van der Waals surface area contributed by atoms with Gasteiger partial charge in [-0.25, -0.2) is 9.59 Å². The van der Waals surface area contributed by atoms with Gasteiger partial charge in [0, 0.05) is 32.3 Å². The fourth-order valence-corrected chi connectivity index (χ4v) is 2.29. The van der Waals surface area contributed by atoms with E-state index in [1.807, 2.05) is 0 Å². The number of methoxy groups -OCH3 is 2. The Morgan fingerprint density at radius 2 is 1.61 bits per heavy atom. The van der Waals surface area contributed by atoms with Crippen LogP contribution in [0, 0.1) is 10.1 Å². The van der Waals surface area contributed by atoms with Crippen molar-refractivity contribution in [1.29, 1.82) is 0 Å². The summed E-state index contributed by atoms with van der Waals surface area (Å²) < 4.78 is 9.73. The maximum atomic E-state index is 11.6. The second kappa shape index (κ2) is 8.20. The first-order valence-electron chi connectivity index (χ1n) is 6.62. The predicted molar refractivity (Wildman–Crippen MR) is 78.2 cm³/mol. The van der Waals surface area contributed by atoms with Crippen LogP contribution in [0.4, 0.5) is 5.69 Å². The Morgan fingerprint density at radius 1 is 1.09 bits per heavy atom. The first-order valence-corrected chi connectivity index (χ1v) is 6.62. The molecule has 2 N–H and O–H groups in total. The minimum atomic E-state index is -1.43. The number of hydrogen-bond acceptors (Lipinski definition) is 6. The number of hydrogen-bond donors (Lipinski definition) is 2. The molecule has 0 spiro atoms. The summed E-state index contributed by atoms with van der Waals surface area (Å²) in [5.41, 5.74) is -1.37. The summed E-state index contributed by atoms with van der Waals surface area (Å²) in [7, 11) is 2.77. The van der Waals surface area contributed by atoms with Gasteiger partial charge in [-0.15, -0.1) is 0 Å². The molecular weight excluding hydrogens is 310 g/mol. The first kappa shape index (κ1) is 18.5. The van der Waals surface area contributed by atoms with Crippen LogP contribution in [-0.4, -0.2) is 54.5 Å². The summed E-state index contributed by atoms with van der Waals surface area (Å²) in [6.45, 7) is 0.152. The molecule has 0 unspecified atom stereocenters. The van der Waals surface area contributed by atoms with Crippen LogP contribution < -0.4 is 0 Å². The second-order valence-corrected chi connectivity index (χ2v) is 4.63. The third-order valence-corrected chi connectivity index (χ3v) is 3.27. The van der Waals surface area contributed by atoms with Crippen molar-refractivity contribution in [2.24, 2.45) is 0 Å². The highest BCUT2D eigenvalue weighted by Gasteiger charge is 2.29. The van der Waals surface area contributed by atoms with Gasteiger partial charge in [-0.2, -0.15) is 0 Å². The molecule has 1 aromatic carbocycles. The standard InChI is InChI=1S/C14H17NO8/c1-22-5-3-8-10(13(16)17)7-11(15(20)21)9(4-6-23-2)12(8)14(18)19/h7H,3-6H2,1-2H3,(H,16,17)(H,18,19). The molecule has 0 aliphatic rings. The fourth-order valence-electron chi connectivity index (χ4n) is 2.29. The zero-order valence-electron chi connectivity index (χ0n) is 12.7. The minimum Gasteiger partial charge on any atom is -0.478 e. The average Bonchev–Trinajstić information content (AvgIpc) is 2.48. The highest BCUT2D eigenvalue weighted by atomic mass is 16.6. The first-order chi connectivity index (χ1) is 10.8. The summed E-state index contributed by atoms with van der Waals surface area (Å²) >= 11 is 0. The summed E-state index contributed by atoms with van der Waals surface area (Å²) in [6, 6.07) is 0.894. The van der Waals surface area contributed by atoms with Crippen LogP contribution in [-0.2, 0) is 22.3 Å². The molecule has 9 nitrogen and oxygen atoms in total. The van der Waals surface area contributed by atoms with Crippen LogP contribution >= 0.6 is 0 Å². The maximum Gasteiger partial charge on any atom is 0.336 e. The lowest BCUT2D eigenvalue weighted by Gasteiger charge is -2.15. The molecule has 0 aromatic heterocycles. The number of carboxylic acid groups (broad SMARTS) is 2. The topological polar surface area (TPSA) is 136 Å². The Balaban J connectivity index is 3.72. The van der Waals surface area contributed by atoms with E-state index < -0.39 is 28.1 Å². The molecule has 0 saturated carbocycles. The van der Waals surface area contributed by atoms with Gasteiger partial charge in [-0.3, -0.25) is 10.1 Å². The van der Waals surface area contributed by atoms with Gasteiger partial charge in [-0.05, 0) is 12.0 Å². The van der Waals surface area contributed by atoms with E-state index in [9.17, 15) is 29.9 Å². The molecular formula is C14H17NO8. The van der Waals surface area contributed by atoms with Crippen LogP contribution in [0.25, 0.3) is 0 Å². The Hall–Kier alpha value is -2.52. The Labute approximate surface area is 131 Å². The van der Waals surface area contributed by atoms with Crippen molar-refractivity contribution in [2.75, 3.05) is 27.4 Å². The van der Waals surface area contributed by atoms with Gasteiger partial charge < -0.3 is 19.7 Å². The summed E-state index contributed by atoms with van der Waals surface area (Å²) in [6.07, 6.45) is -0.00787. The largest absolute Gasteiger partial charge is 0.478 e. The van der Waals surface area contributed by atoms with E-state index in [4.69, 9.17) is 9.47 Å². The van der Waals surface area contributed by atoms with E-state index in [1.165, 1.54) is 14.2 Å². The van der Waals surface area contributed by atoms with Gasteiger partial charge >= 0.3 is 11.9 Å². The van der Waals surface area contributed by atoms with Gasteiger partial charge in [0.05, 0.1) is 29.3 Å². The Kier molecular flexibility index (Phi) is 6.61. The van der Waals surface area contributed by atoms with Crippen LogP contribution in [0.15, 0.2) is 6.07 Å². The molecule has 0 aliphatic carbocycles. The molecule has 0 heterocycles. The lowest BCUT2D eigenvalue weighted by Crippen LogP contribution is -2.17. The van der Waals surface area contributed by atoms with Crippen molar-refractivity contribution in [2.45, 2.75) is 12.8 Å². The van der Waals surface area contributed by atoms with E-state index in [2.05, 4.69) is 0 Å². The van der Waals surface area contributed by atoms with Crippen LogP contribution in [0.5, 0.6) is 0 Å². The van der Waals surface area contributed by atoms with E-state index in [-0.39, 0.29) is 42.7 Å². The molecule has 0 bridgehead atoms. The number of nitro groups is 1. The quantitative estimate of drug-likeness (QED) is 0.512. The molecule has 0 saturated heterocycles. The van der Waals surface area contributed by atoms with E-state index >= 15 is 0 Å². The number of benzene rings is 1. The van der Waals surface area contributed by atoms with Gasteiger partial charge in [0.15, 0.2) is 0 Å². The van der Waals surface area contributed by atoms with Crippen LogP contribution in [0.3, 0.4) is 0 Å². The molecule has 0 atom stereocenters. The highest BCUT2D eigenvalue weighted by molar-refractivity contribution is 5.99. The van der Waals surface area contributed by atoms with E-state index in [0.29, 0.717) is 0 Å². The van der Waals surface area contributed by atoms with E-state index in [0.717, 1.165) is 6.07 Å². The molecule has 0 fully saturated rings. The van der Waals surface area contributed by atoms with Crippen molar-refractivity contribution < 1.29 is 34.2 Å². The average molecular weight is 327 g/mol. The molecule has 23 heavy (non-hydrogen) atoms. The molecule has 126 valence electrons. The third-order valence-electron chi connectivity index (χ3n) is 3.27. The normalized spacial score (nSPS) is 10.5. The van der Waals surface area contributed by atoms with Gasteiger partial charge in [0.25, 0.3) is 5.69 Å². The van der Waals surface area contributed by atoms with E-state index in [1.54, 1.807) is 0 Å². The second-order valence-electron chi connectivity index (χ2n) is 4.63. The molecule has 1 aromatic rings. The number of nitrogens with zero attached hydrogens (tertiary/aromatic N) is 1. The number of aromatic carboxylic acids is 2. The van der Waals surface area contributed by atoms with Crippen molar-refractivity contribution >= 4 is 17.6 Å². The molecule has 0 amide bonds. The van der Waals surface area contributed by atoms with Crippen molar-refractivity contribution in [3.8, 4) is 0 Å². The summed E-state index contributed by atoms with van der Waals surface area (Å²) in [5.74, 6) is -2.85. The monoisotopic (exact) mass is 327 g/mol. The number of carboxylic acids is 2. The molecule has 1 rings (SSSR count). The molecule has 9 heteroatoms. The summed E-state index contributed by atoms with van der Waals surface area (Å²) in [4.78, 5) is 33.4. The maximum absolute atomic E-state index is 11.6. The van der Waals surface area contributed by atoms with Crippen molar-refractivity contribution in [3.63, 3.8) is 0 Å². The lowest BCUT2D eigenvalue weighted by atomic mass is 9.91.